The highest BCUT2D eigenvalue weighted by atomic mass is 16.2. The number of fused-ring (bicyclic) bond motifs is 1. The van der Waals surface area contributed by atoms with Crippen LogP contribution in [0.4, 0.5) is 0 Å². The van der Waals surface area contributed by atoms with E-state index >= 15 is 0 Å². The highest BCUT2D eigenvalue weighted by Gasteiger charge is 2.29. The molecule has 2 aromatic carbocycles. The molecule has 3 rings (SSSR count). The number of nitrogens with one attached hydrogen (secondary N) is 1. The van der Waals surface area contributed by atoms with Crippen LogP contribution in [0.3, 0.4) is 0 Å². The smallest absolute Gasteiger partial charge is 0.250 e. The van der Waals surface area contributed by atoms with E-state index in [4.69, 9.17) is 0 Å². The molecule has 0 radical (unpaired) electrons. The number of aliphatic imine (C=N–C) groups is 1. The predicted molar refractivity (Wildman–Crippen MR) is 77.3 cm³/mol. The molecule has 1 N–H and O–H groups in total. The summed E-state index contributed by atoms with van der Waals surface area (Å²) in [4.78, 5) is 16.3. The van der Waals surface area contributed by atoms with Crippen LogP contribution in [-0.2, 0) is 4.79 Å². The van der Waals surface area contributed by atoms with E-state index in [0.717, 1.165) is 10.9 Å². The standard InChI is InChI=1S/C16H16N2O/c1-10(2)14-16(19)18-15(17-14)13-8-7-11-5-3-4-6-12(11)9-13/h3-10,14H,1-2H3,(H,17,18,19). The average Bonchev–Trinajstić information content (AvgIpc) is 2.80. The Balaban J connectivity index is 2.01. The number of rotatable bonds is 2. The van der Waals surface area contributed by atoms with Crippen molar-refractivity contribution in [3.63, 3.8) is 0 Å². The number of carbonyl (C=O) groups excluding carboxylic acids is 1. The normalized spacial score (nSPS) is 18.8. The first kappa shape index (κ1) is 11.9. The molecule has 1 atom stereocenters. The molecule has 19 heavy (non-hydrogen) atoms. The second kappa shape index (κ2) is 4.50. The minimum Gasteiger partial charge on any atom is -0.309 e. The van der Waals surface area contributed by atoms with Gasteiger partial charge >= 0.3 is 0 Å². The first-order chi connectivity index (χ1) is 9.15. The molecular formula is C16H16N2O. The molecule has 3 nitrogen and oxygen atoms in total. The monoisotopic (exact) mass is 252 g/mol. The van der Waals surface area contributed by atoms with Crippen molar-refractivity contribution in [2.75, 3.05) is 0 Å². The van der Waals surface area contributed by atoms with Gasteiger partial charge in [-0.25, -0.2) is 0 Å². The Labute approximate surface area is 112 Å². The lowest BCUT2D eigenvalue weighted by atomic mass is 10.1. The van der Waals surface area contributed by atoms with E-state index in [1.165, 1.54) is 5.39 Å². The number of amides is 1. The molecule has 0 fully saturated rings. The number of hydrogen-bond donors (Lipinski definition) is 1. The molecular weight excluding hydrogens is 236 g/mol. The van der Waals surface area contributed by atoms with Crippen molar-refractivity contribution in [2.24, 2.45) is 10.9 Å². The highest BCUT2D eigenvalue weighted by Crippen LogP contribution is 2.19. The third kappa shape index (κ3) is 2.12. The van der Waals surface area contributed by atoms with Gasteiger partial charge in [0.15, 0.2) is 0 Å². The molecule has 1 aliphatic rings. The van der Waals surface area contributed by atoms with Gasteiger partial charge in [0.1, 0.15) is 11.9 Å². The lowest BCUT2D eigenvalue weighted by molar-refractivity contribution is -0.120. The van der Waals surface area contributed by atoms with Crippen LogP contribution in [0.15, 0.2) is 47.5 Å². The maximum atomic E-state index is 11.8. The van der Waals surface area contributed by atoms with Crippen LogP contribution >= 0.6 is 0 Å². The Morgan fingerprint density at radius 2 is 1.84 bits per heavy atom. The van der Waals surface area contributed by atoms with Gasteiger partial charge in [-0.1, -0.05) is 50.2 Å². The Kier molecular flexibility index (Phi) is 2.82. The van der Waals surface area contributed by atoms with Crippen LogP contribution in [0.25, 0.3) is 10.8 Å². The number of benzene rings is 2. The number of nitrogens with zero attached hydrogens (tertiary/aromatic N) is 1. The summed E-state index contributed by atoms with van der Waals surface area (Å²) in [6.45, 7) is 4.02. The van der Waals surface area contributed by atoms with Crippen molar-refractivity contribution in [2.45, 2.75) is 19.9 Å². The summed E-state index contributed by atoms with van der Waals surface area (Å²) in [5.74, 6) is 0.908. The summed E-state index contributed by atoms with van der Waals surface area (Å²) >= 11 is 0. The number of carbonyl (C=O) groups is 1. The van der Waals surface area contributed by atoms with Gasteiger partial charge in [0.2, 0.25) is 0 Å². The Morgan fingerprint density at radius 3 is 2.53 bits per heavy atom. The molecule has 1 heterocycles. The summed E-state index contributed by atoms with van der Waals surface area (Å²) in [7, 11) is 0. The van der Waals surface area contributed by atoms with E-state index in [1.54, 1.807) is 0 Å². The number of hydrogen-bond acceptors (Lipinski definition) is 2. The molecule has 0 saturated carbocycles. The molecule has 1 aliphatic heterocycles. The van der Waals surface area contributed by atoms with Gasteiger partial charge in [-0.05, 0) is 22.8 Å². The lowest BCUT2D eigenvalue weighted by Gasteiger charge is -2.06. The van der Waals surface area contributed by atoms with E-state index < -0.39 is 0 Å². The molecule has 96 valence electrons. The molecule has 0 aromatic heterocycles. The number of amidine groups is 1. The molecule has 1 unspecified atom stereocenters. The van der Waals surface area contributed by atoms with Crippen molar-refractivity contribution >= 4 is 22.5 Å². The first-order valence-electron chi connectivity index (χ1n) is 6.53. The largest absolute Gasteiger partial charge is 0.309 e. The minimum atomic E-state index is -0.263. The third-order valence-corrected chi connectivity index (χ3v) is 3.43. The molecule has 3 heteroatoms. The molecule has 1 amide bonds. The van der Waals surface area contributed by atoms with Crippen molar-refractivity contribution in [1.29, 1.82) is 0 Å². The maximum Gasteiger partial charge on any atom is 0.250 e. The van der Waals surface area contributed by atoms with Gasteiger partial charge in [-0.2, -0.15) is 0 Å². The lowest BCUT2D eigenvalue weighted by Crippen LogP contribution is -2.31. The first-order valence-corrected chi connectivity index (χ1v) is 6.53. The fraction of sp³-hybridized carbons (Fsp3) is 0.250. The molecule has 0 aliphatic carbocycles. The van der Waals surface area contributed by atoms with Crippen LogP contribution in [0, 0.1) is 5.92 Å². The molecule has 0 bridgehead atoms. The predicted octanol–water partition coefficient (Wildman–Crippen LogP) is 2.74. The van der Waals surface area contributed by atoms with Gasteiger partial charge in [-0.3, -0.25) is 9.79 Å². The fourth-order valence-electron chi connectivity index (χ4n) is 2.36. The van der Waals surface area contributed by atoms with Crippen molar-refractivity contribution in [1.82, 2.24) is 5.32 Å². The Hall–Kier alpha value is -2.16. The van der Waals surface area contributed by atoms with Crippen LogP contribution in [-0.4, -0.2) is 17.8 Å². The maximum absolute atomic E-state index is 11.8. The zero-order valence-electron chi connectivity index (χ0n) is 11.1. The molecule has 0 spiro atoms. The SMILES string of the molecule is CC(C)C1N=C(c2ccc3ccccc3c2)NC1=O. The van der Waals surface area contributed by atoms with E-state index in [9.17, 15) is 4.79 Å². The van der Waals surface area contributed by atoms with Crippen LogP contribution < -0.4 is 5.32 Å². The van der Waals surface area contributed by atoms with Gasteiger partial charge in [0, 0.05) is 5.56 Å². The second-order valence-corrected chi connectivity index (χ2v) is 5.22. The summed E-state index contributed by atoms with van der Waals surface area (Å²) in [6.07, 6.45) is 0. The van der Waals surface area contributed by atoms with E-state index in [0.29, 0.717) is 5.84 Å². The van der Waals surface area contributed by atoms with Gasteiger partial charge < -0.3 is 5.32 Å². The van der Waals surface area contributed by atoms with E-state index in [2.05, 4.69) is 34.6 Å². The molecule has 2 aromatic rings. The molecule has 0 saturated heterocycles. The zero-order chi connectivity index (χ0) is 13.4. The van der Waals surface area contributed by atoms with Crippen molar-refractivity contribution < 1.29 is 4.79 Å². The Morgan fingerprint density at radius 1 is 1.11 bits per heavy atom. The van der Waals surface area contributed by atoms with E-state index in [-0.39, 0.29) is 17.9 Å². The van der Waals surface area contributed by atoms with E-state index in [1.807, 2.05) is 32.0 Å². The minimum absolute atomic E-state index is 0.00170. The third-order valence-electron chi connectivity index (χ3n) is 3.43. The Bertz CT molecular complexity index is 673. The topological polar surface area (TPSA) is 41.5 Å². The van der Waals surface area contributed by atoms with Gasteiger partial charge in [0.25, 0.3) is 5.91 Å². The van der Waals surface area contributed by atoms with Crippen LogP contribution in [0.1, 0.15) is 19.4 Å². The van der Waals surface area contributed by atoms with Crippen LogP contribution in [0.5, 0.6) is 0 Å². The average molecular weight is 252 g/mol. The van der Waals surface area contributed by atoms with Gasteiger partial charge in [0.05, 0.1) is 0 Å². The second-order valence-electron chi connectivity index (χ2n) is 5.22. The summed E-state index contributed by atoms with van der Waals surface area (Å²) in [5.41, 5.74) is 0.968. The van der Waals surface area contributed by atoms with Crippen LogP contribution in [0.2, 0.25) is 0 Å². The highest BCUT2D eigenvalue weighted by molar-refractivity contribution is 6.14. The van der Waals surface area contributed by atoms with Crippen molar-refractivity contribution in [3.05, 3.63) is 48.0 Å². The van der Waals surface area contributed by atoms with Gasteiger partial charge in [-0.15, -0.1) is 0 Å². The summed E-state index contributed by atoms with van der Waals surface area (Å²) in [6, 6.07) is 14.0. The summed E-state index contributed by atoms with van der Waals surface area (Å²) in [5, 5.41) is 5.23. The van der Waals surface area contributed by atoms with Crippen molar-refractivity contribution in [3.8, 4) is 0 Å². The fourth-order valence-corrected chi connectivity index (χ4v) is 2.36. The summed E-state index contributed by atoms with van der Waals surface area (Å²) < 4.78 is 0. The zero-order valence-corrected chi connectivity index (χ0v) is 11.1. The quantitative estimate of drug-likeness (QED) is 0.877.